The molecule has 0 saturated carbocycles. The zero-order chi connectivity index (χ0) is 20.6. The Balaban J connectivity index is 1.45. The SMILES string of the molecule is CCn1c(=O)c(N2CCC(C(=O)NC3CCS(=O)(=O)C3)CC2)nc2ccccc21. The molecule has 1 amide bonds. The standard InChI is InChI=1S/C20H26N4O4S/c1-2-24-17-6-4-3-5-16(17)22-18(20(24)26)23-10-7-14(8-11-23)19(25)21-15-9-12-29(27,28)13-15/h3-6,14-15H,2,7-13H2,1H3,(H,21,25). The fourth-order valence-electron chi connectivity index (χ4n) is 4.28. The second-order valence-electron chi connectivity index (χ2n) is 7.84. The number of benzene rings is 1. The van der Waals surface area contributed by atoms with E-state index in [9.17, 15) is 18.0 Å². The molecule has 8 nitrogen and oxygen atoms in total. The van der Waals surface area contributed by atoms with Gasteiger partial charge in [-0.15, -0.1) is 0 Å². The van der Waals surface area contributed by atoms with Crippen LogP contribution in [-0.4, -0.2) is 54.5 Å². The van der Waals surface area contributed by atoms with Crippen molar-refractivity contribution in [3.05, 3.63) is 34.6 Å². The summed E-state index contributed by atoms with van der Waals surface area (Å²) in [5, 5.41) is 2.89. The summed E-state index contributed by atoms with van der Waals surface area (Å²) in [5.74, 6) is 0.377. The number of nitrogens with one attached hydrogen (secondary N) is 1. The minimum Gasteiger partial charge on any atom is -0.352 e. The molecule has 1 N–H and O–H groups in total. The fourth-order valence-corrected chi connectivity index (χ4v) is 5.95. The molecular weight excluding hydrogens is 392 g/mol. The van der Waals surface area contributed by atoms with Crippen molar-refractivity contribution in [1.82, 2.24) is 14.9 Å². The van der Waals surface area contributed by atoms with E-state index in [1.807, 2.05) is 36.1 Å². The average molecular weight is 419 g/mol. The first kappa shape index (κ1) is 19.9. The molecule has 0 radical (unpaired) electrons. The highest BCUT2D eigenvalue weighted by molar-refractivity contribution is 7.91. The van der Waals surface area contributed by atoms with Gasteiger partial charge < -0.3 is 14.8 Å². The topological polar surface area (TPSA) is 101 Å². The molecule has 29 heavy (non-hydrogen) atoms. The number of amides is 1. The quantitative estimate of drug-likeness (QED) is 0.793. The molecule has 2 saturated heterocycles. The Morgan fingerprint density at radius 3 is 2.59 bits per heavy atom. The maximum atomic E-state index is 12.9. The summed E-state index contributed by atoms with van der Waals surface area (Å²) in [6.45, 7) is 3.66. The van der Waals surface area contributed by atoms with E-state index in [-0.39, 0.29) is 34.9 Å². The number of hydrogen-bond donors (Lipinski definition) is 1. The summed E-state index contributed by atoms with van der Waals surface area (Å²) in [4.78, 5) is 32.1. The molecule has 1 atom stereocenters. The van der Waals surface area contributed by atoms with Crippen molar-refractivity contribution in [2.75, 3.05) is 29.5 Å². The Labute approximate surface area is 169 Å². The number of anilines is 1. The van der Waals surface area contributed by atoms with Gasteiger partial charge >= 0.3 is 0 Å². The van der Waals surface area contributed by atoms with Crippen molar-refractivity contribution in [2.45, 2.75) is 38.8 Å². The highest BCUT2D eigenvalue weighted by atomic mass is 32.2. The number of carbonyl (C=O) groups excluding carboxylic acids is 1. The van der Waals surface area contributed by atoms with Gasteiger partial charge in [0.25, 0.3) is 5.56 Å². The van der Waals surface area contributed by atoms with E-state index in [1.165, 1.54) is 0 Å². The van der Waals surface area contributed by atoms with Gasteiger partial charge in [-0.25, -0.2) is 13.4 Å². The zero-order valence-corrected chi connectivity index (χ0v) is 17.3. The molecule has 156 valence electrons. The van der Waals surface area contributed by atoms with Crippen LogP contribution in [0.2, 0.25) is 0 Å². The number of sulfone groups is 1. The number of piperidine rings is 1. The van der Waals surface area contributed by atoms with Crippen molar-refractivity contribution < 1.29 is 13.2 Å². The average Bonchev–Trinajstić information content (AvgIpc) is 3.06. The molecule has 2 aromatic rings. The normalized spacial score (nSPS) is 22.1. The van der Waals surface area contributed by atoms with Crippen LogP contribution in [0.1, 0.15) is 26.2 Å². The molecule has 0 aliphatic carbocycles. The van der Waals surface area contributed by atoms with Crippen molar-refractivity contribution in [3.8, 4) is 0 Å². The van der Waals surface area contributed by atoms with Gasteiger partial charge in [-0.1, -0.05) is 12.1 Å². The second kappa shape index (κ2) is 7.78. The van der Waals surface area contributed by atoms with Gasteiger partial charge in [-0.2, -0.15) is 0 Å². The first-order chi connectivity index (χ1) is 13.9. The lowest BCUT2D eigenvalue weighted by molar-refractivity contribution is -0.126. The van der Waals surface area contributed by atoms with Crippen molar-refractivity contribution in [3.63, 3.8) is 0 Å². The Kier molecular flexibility index (Phi) is 5.33. The maximum Gasteiger partial charge on any atom is 0.293 e. The van der Waals surface area contributed by atoms with E-state index < -0.39 is 9.84 Å². The minimum absolute atomic E-state index is 0.0369. The van der Waals surface area contributed by atoms with Crippen LogP contribution in [0.4, 0.5) is 5.82 Å². The van der Waals surface area contributed by atoms with Crippen molar-refractivity contribution >= 4 is 32.6 Å². The smallest absolute Gasteiger partial charge is 0.293 e. The summed E-state index contributed by atoms with van der Waals surface area (Å²) in [6, 6.07) is 7.33. The van der Waals surface area contributed by atoms with Gasteiger partial charge in [0.15, 0.2) is 15.7 Å². The number of para-hydroxylation sites is 2. The summed E-state index contributed by atoms with van der Waals surface area (Å²) < 4.78 is 24.9. The van der Waals surface area contributed by atoms with Crippen LogP contribution in [0, 0.1) is 5.92 Å². The predicted octanol–water partition coefficient (Wildman–Crippen LogP) is 0.936. The highest BCUT2D eigenvalue weighted by Crippen LogP contribution is 2.23. The van der Waals surface area contributed by atoms with Crippen LogP contribution >= 0.6 is 0 Å². The zero-order valence-electron chi connectivity index (χ0n) is 16.5. The Bertz CT molecular complexity index is 1090. The Hall–Kier alpha value is -2.42. The molecule has 2 aliphatic heterocycles. The Morgan fingerprint density at radius 1 is 1.21 bits per heavy atom. The third-order valence-electron chi connectivity index (χ3n) is 5.90. The monoisotopic (exact) mass is 418 g/mol. The molecule has 0 bridgehead atoms. The number of aryl methyl sites for hydroxylation is 1. The molecule has 9 heteroatoms. The van der Waals surface area contributed by atoms with Gasteiger partial charge in [0, 0.05) is 31.6 Å². The maximum absolute atomic E-state index is 12.9. The molecule has 0 spiro atoms. The van der Waals surface area contributed by atoms with E-state index in [4.69, 9.17) is 0 Å². The van der Waals surface area contributed by atoms with Gasteiger partial charge in [0.2, 0.25) is 5.91 Å². The lowest BCUT2D eigenvalue weighted by Gasteiger charge is -2.32. The molecule has 1 unspecified atom stereocenters. The summed E-state index contributed by atoms with van der Waals surface area (Å²) in [6.07, 6.45) is 1.72. The molecule has 3 heterocycles. The first-order valence-electron chi connectivity index (χ1n) is 10.1. The molecule has 4 rings (SSSR count). The number of carbonyl (C=O) groups is 1. The molecule has 2 aliphatic rings. The van der Waals surface area contributed by atoms with Crippen molar-refractivity contribution in [2.24, 2.45) is 5.92 Å². The number of fused-ring (bicyclic) bond motifs is 1. The third kappa shape index (κ3) is 4.01. The largest absolute Gasteiger partial charge is 0.352 e. The molecule has 1 aromatic heterocycles. The molecule has 2 fully saturated rings. The lowest BCUT2D eigenvalue weighted by atomic mass is 9.95. The van der Waals surface area contributed by atoms with Crippen LogP contribution in [0.25, 0.3) is 11.0 Å². The Morgan fingerprint density at radius 2 is 1.93 bits per heavy atom. The van der Waals surface area contributed by atoms with Crippen LogP contribution in [0.5, 0.6) is 0 Å². The second-order valence-corrected chi connectivity index (χ2v) is 10.1. The van der Waals surface area contributed by atoms with Crippen molar-refractivity contribution in [1.29, 1.82) is 0 Å². The lowest BCUT2D eigenvalue weighted by Crippen LogP contribution is -2.45. The predicted molar refractivity (Wildman–Crippen MR) is 112 cm³/mol. The minimum atomic E-state index is -3.01. The van der Waals surface area contributed by atoms with E-state index >= 15 is 0 Å². The van der Waals surface area contributed by atoms with E-state index in [1.54, 1.807) is 4.57 Å². The summed E-state index contributed by atoms with van der Waals surface area (Å²) in [5.41, 5.74) is 1.50. The molecular formula is C20H26N4O4S. The molecule has 1 aromatic carbocycles. The highest BCUT2D eigenvalue weighted by Gasteiger charge is 2.32. The van der Waals surface area contributed by atoms with Gasteiger partial charge in [0.1, 0.15) is 0 Å². The van der Waals surface area contributed by atoms with Crippen LogP contribution in [0.15, 0.2) is 29.1 Å². The van der Waals surface area contributed by atoms with Crippen LogP contribution in [0.3, 0.4) is 0 Å². The fraction of sp³-hybridized carbons (Fsp3) is 0.550. The van der Waals surface area contributed by atoms with E-state index in [0.29, 0.717) is 44.7 Å². The number of hydrogen-bond acceptors (Lipinski definition) is 6. The number of rotatable bonds is 4. The number of aromatic nitrogens is 2. The van der Waals surface area contributed by atoms with Gasteiger partial charge in [0.05, 0.1) is 22.5 Å². The van der Waals surface area contributed by atoms with E-state index in [2.05, 4.69) is 10.3 Å². The third-order valence-corrected chi connectivity index (χ3v) is 7.66. The van der Waals surface area contributed by atoms with E-state index in [0.717, 1.165) is 11.0 Å². The van der Waals surface area contributed by atoms with Gasteiger partial charge in [-0.05, 0) is 38.3 Å². The first-order valence-corrected chi connectivity index (χ1v) is 12.0. The summed E-state index contributed by atoms with van der Waals surface area (Å²) in [7, 11) is -3.01. The van der Waals surface area contributed by atoms with Crippen LogP contribution < -0.4 is 15.8 Å². The van der Waals surface area contributed by atoms with Crippen LogP contribution in [-0.2, 0) is 21.2 Å². The van der Waals surface area contributed by atoms with Gasteiger partial charge in [-0.3, -0.25) is 9.59 Å². The summed E-state index contributed by atoms with van der Waals surface area (Å²) >= 11 is 0. The number of nitrogens with zero attached hydrogens (tertiary/aromatic N) is 3.